The molecule has 21 heavy (non-hydrogen) atoms. The average Bonchev–Trinajstić information content (AvgIpc) is 2.27. The smallest absolute Gasteiger partial charge is 0.309 e. The number of aryl methyl sites for hydroxylation is 1. The van der Waals surface area contributed by atoms with Crippen molar-refractivity contribution >= 4 is 27.6 Å². The Hall–Kier alpha value is -1.93. The van der Waals surface area contributed by atoms with Gasteiger partial charge in [-0.3, -0.25) is 9.59 Å². The van der Waals surface area contributed by atoms with Gasteiger partial charge in [-0.25, -0.2) is 8.42 Å². The molecule has 1 aliphatic rings. The molecule has 2 rings (SSSR count). The van der Waals surface area contributed by atoms with Crippen molar-refractivity contribution in [2.75, 3.05) is 18.4 Å². The van der Waals surface area contributed by atoms with Crippen molar-refractivity contribution in [2.45, 2.75) is 18.7 Å². The lowest BCUT2D eigenvalue weighted by Crippen LogP contribution is -2.52. The van der Waals surface area contributed by atoms with Gasteiger partial charge in [0.1, 0.15) is 0 Å². The molecular formula is C13H16N2O5S. The number of carbonyl (C=O) groups excluding carboxylic acids is 1. The molecule has 1 aromatic carbocycles. The van der Waals surface area contributed by atoms with E-state index in [-0.39, 0.29) is 23.9 Å². The molecule has 7 nitrogen and oxygen atoms in total. The lowest BCUT2D eigenvalue weighted by Gasteiger charge is -2.35. The van der Waals surface area contributed by atoms with Crippen LogP contribution < -0.4 is 5.32 Å². The summed E-state index contributed by atoms with van der Waals surface area (Å²) < 4.78 is 26.1. The minimum Gasteiger partial charge on any atom is -0.481 e. The average molecular weight is 312 g/mol. The first kappa shape index (κ1) is 15.5. The van der Waals surface area contributed by atoms with E-state index in [9.17, 15) is 18.0 Å². The Kier molecular flexibility index (Phi) is 4.02. The van der Waals surface area contributed by atoms with Crippen LogP contribution in [0, 0.1) is 12.8 Å². The van der Waals surface area contributed by atoms with Crippen molar-refractivity contribution in [1.29, 1.82) is 0 Å². The van der Waals surface area contributed by atoms with Gasteiger partial charge in [-0.2, -0.15) is 4.31 Å². The van der Waals surface area contributed by atoms with Crippen molar-refractivity contribution in [3.8, 4) is 0 Å². The number of amides is 1. The summed E-state index contributed by atoms with van der Waals surface area (Å²) in [6.07, 6.45) is 0. The van der Waals surface area contributed by atoms with Crippen molar-refractivity contribution in [3.05, 3.63) is 23.8 Å². The van der Waals surface area contributed by atoms with Gasteiger partial charge < -0.3 is 10.4 Å². The summed E-state index contributed by atoms with van der Waals surface area (Å²) in [5.74, 6) is -1.94. The molecule has 0 aromatic heterocycles. The molecule has 2 N–H and O–H groups in total. The van der Waals surface area contributed by atoms with E-state index in [1.54, 1.807) is 19.1 Å². The first-order valence-corrected chi connectivity index (χ1v) is 7.77. The van der Waals surface area contributed by atoms with Gasteiger partial charge in [0.15, 0.2) is 0 Å². The second kappa shape index (κ2) is 5.45. The highest BCUT2D eigenvalue weighted by Crippen LogP contribution is 2.28. The Morgan fingerprint density at radius 2 is 1.95 bits per heavy atom. The Bertz CT molecular complexity index is 693. The van der Waals surface area contributed by atoms with Gasteiger partial charge in [-0.1, -0.05) is 6.07 Å². The number of hydrogen-bond acceptors (Lipinski definition) is 4. The number of aliphatic carboxylic acids is 1. The summed E-state index contributed by atoms with van der Waals surface area (Å²) in [7, 11) is -3.74. The van der Waals surface area contributed by atoms with Gasteiger partial charge >= 0.3 is 5.97 Å². The highest BCUT2D eigenvalue weighted by Gasteiger charge is 2.41. The summed E-state index contributed by atoms with van der Waals surface area (Å²) in [6.45, 7) is 2.93. The summed E-state index contributed by atoms with van der Waals surface area (Å²) in [6, 6.07) is 4.61. The molecule has 0 spiro atoms. The van der Waals surface area contributed by atoms with Gasteiger partial charge in [-0.05, 0) is 24.6 Å². The number of hydrogen-bond donors (Lipinski definition) is 2. The molecule has 0 radical (unpaired) electrons. The third-order valence-electron chi connectivity index (χ3n) is 3.32. The maximum Gasteiger partial charge on any atom is 0.309 e. The SMILES string of the molecule is CC(=O)Nc1ccc(C)c(S(=O)(=O)N2CC(C(=O)O)C2)c1. The minimum atomic E-state index is -3.74. The molecule has 0 saturated carbocycles. The fourth-order valence-electron chi connectivity index (χ4n) is 2.09. The molecule has 0 atom stereocenters. The van der Waals surface area contributed by atoms with Crippen LogP contribution in [0.3, 0.4) is 0 Å². The normalized spacial score (nSPS) is 16.3. The zero-order valence-electron chi connectivity index (χ0n) is 11.7. The van der Waals surface area contributed by atoms with Crippen LogP contribution in [0.2, 0.25) is 0 Å². The van der Waals surface area contributed by atoms with Gasteiger partial charge in [-0.15, -0.1) is 0 Å². The summed E-state index contributed by atoms with van der Waals surface area (Å²) in [4.78, 5) is 21.9. The predicted octanol–water partition coefficient (Wildman–Crippen LogP) is 0.659. The van der Waals surface area contributed by atoms with Crippen molar-refractivity contribution < 1.29 is 23.1 Å². The molecule has 1 aliphatic heterocycles. The highest BCUT2D eigenvalue weighted by molar-refractivity contribution is 7.89. The number of anilines is 1. The number of carbonyl (C=O) groups is 2. The maximum absolute atomic E-state index is 12.5. The second-order valence-electron chi connectivity index (χ2n) is 5.02. The van der Waals surface area contributed by atoms with E-state index in [2.05, 4.69) is 5.32 Å². The van der Waals surface area contributed by atoms with Crippen molar-refractivity contribution in [1.82, 2.24) is 4.31 Å². The monoisotopic (exact) mass is 312 g/mol. The standard InChI is InChI=1S/C13H16N2O5S/c1-8-3-4-11(14-9(2)16)5-12(8)21(19,20)15-6-10(7-15)13(17)18/h3-5,10H,6-7H2,1-2H3,(H,14,16)(H,17,18). The van der Waals surface area contributed by atoms with E-state index in [0.29, 0.717) is 11.3 Å². The number of nitrogens with one attached hydrogen (secondary N) is 1. The highest BCUT2D eigenvalue weighted by atomic mass is 32.2. The largest absolute Gasteiger partial charge is 0.481 e. The van der Waals surface area contributed by atoms with Crippen LogP contribution >= 0.6 is 0 Å². The van der Waals surface area contributed by atoms with Crippen LogP contribution in [0.4, 0.5) is 5.69 Å². The molecule has 1 heterocycles. The Morgan fingerprint density at radius 1 is 1.33 bits per heavy atom. The van der Waals surface area contributed by atoms with Crippen LogP contribution in [-0.2, 0) is 19.6 Å². The maximum atomic E-state index is 12.5. The summed E-state index contributed by atoms with van der Waals surface area (Å²) >= 11 is 0. The molecule has 0 aliphatic carbocycles. The fraction of sp³-hybridized carbons (Fsp3) is 0.385. The Labute approximate surface area is 122 Å². The third kappa shape index (κ3) is 3.06. The quantitative estimate of drug-likeness (QED) is 0.850. The molecule has 0 bridgehead atoms. The lowest BCUT2D eigenvalue weighted by molar-refractivity contribution is -0.145. The zero-order valence-corrected chi connectivity index (χ0v) is 12.5. The van der Waals surface area contributed by atoms with E-state index in [0.717, 1.165) is 4.31 Å². The molecule has 114 valence electrons. The van der Waals surface area contributed by atoms with Crippen molar-refractivity contribution in [2.24, 2.45) is 5.92 Å². The van der Waals surface area contributed by atoms with Gasteiger partial charge in [0.2, 0.25) is 15.9 Å². The molecule has 1 saturated heterocycles. The predicted molar refractivity (Wildman–Crippen MR) is 75.4 cm³/mol. The molecular weight excluding hydrogens is 296 g/mol. The molecule has 1 fully saturated rings. The number of sulfonamides is 1. The van der Waals surface area contributed by atoms with Gasteiger partial charge in [0.25, 0.3) is 0 Å². The van der Waals surface area contributed by atoms with E-state index < -0.39 is 21.9 Å². The second-order valence-corrected chi connectivity index (χ2v) is 6.93. The summed E-state index contributed by atoms with van der Waals surface area (Å²) in [5.41, 5.74) is 0.935. The van der Waals surface area contributed by atoms with Crippen LogP contribution in [0.15, 0.2) is 23.1 Å². The third-order valence-corrected chi connectivity index (χ3v) is 5.30. The van der Waals surface area contributed by atoms with Gasteiger partial charge in [0.05, 0.1) is 10.8 Å². The topological polar surface area (TPSA) is 104 Å². The fourth-order valence-corrected chi connectivity index (χ4v) is 3.87. The molecule has 0 unspecified atom stereocenters. The number of carboxylic acids is 1. The zero-order chi connectivity index (χ0) is 15.8. The van der Waals surface area contributed by atoms with E-state index in [1.165, 1.54) is 13.0 Å². The first-order chi connectivity index (χ1) is 9.71. The number of nitrogens with zero attached hydrogens (tertiary/aromatic N) is 1. The molecule has 1 aromatic rings. The van der Waals surface area contributed by atoms with Crippen molar-refractivity contribution in [3.63, 3.8) is 0 Å². The van der Waals surface area contributed by atoms with Crippen LogP contribution in [0.25, 0.3) is 0 Å². The van der Waals surface area contributed by atoms with Gasteiger partial charge in [0, 0.05) is 25.7 Å². The van der Waals surface area contributed by atoms with Crippen LogP contribution in [0.5, 0.6) is 0 Å². The Balaban J connectivity index is 2.28. The summed E-state index contributed by atoms with van der Waals surface area (Å²) in [5, 5.41) is 11.3. The lowest BCUT2D eigenvalue weighted by atomic mass is 10.0. The van der Waals surface area contributed by atoms with E-state index in [4.69, 9.17) is 5.11 Å². The number of rotatable bonds is 4. The van der Waals surface area contributed by atoms with Crippen LogP contribution in [-0.4, -0.2) is 42.8 Å². The first-order valence-electron chi connectivity index (χ1n) is 6.33. The molecule has 1 amide bonds. The van der Waals surface area contributed by atoms with E-state index in [1.807, 2.05) is 0 Å². The molecule has 8 heteroatoms. The minimum absolute atomic E-state index is 0.0263. The van der Waals surface area contributed by atoms with E-state index >= 15 is 0 Å². The number of carboxylic acid groups (broad SMARTS) is 1. The van der Waals surface area contributed by atoms with Crippen LogP contribution in [0.1, 0.15) is 12.5 Å². The Morgan fingerprint density at radius 3 is 2.48 bits per heavy atom. The number of benzene rings is 1.